The largest absolute Gasteiger partial charge is 0.465 e. The molecule has 5 heteroatoms. The van der Waals surface area contributed by atoms with Gasteiger partial charge in [-0.25, -0.2) is 9.67 Å². The summed E-state index contributed by atoms with van der Waals surface area (Å²) in [6.07, 6.45) is 3.26. The van der Waals surface area contributed by atoms with Crippen LogP contribution in [-0.2, 0) is 13.1 Å². The van der Waals surface area contributed by atoms with E-state index in [-0.39, 0.29) is 0 Å². The van der Waals surface area contributed by atoms with Crippen LogP contribution in [0.1, 0.15) is 17.1 Å². The second kappa shape index (κ2) is 5.61. The van der Waals surface area contributed by atoms with Gasteiger partial charge in [0.2, 0.25) is 0 Å². The first kappa shape index (κ1) is 12.5. The maximum absolute atomic E-state index is 5.54. The maximum Gasteiger partial charge on any atom is 0.137 e. The van der Waals surface area contributed by atoms with Crippen LogP contribution in [0.15, 0.2) is 53.5 Å². The molecule has 0 aliphatic heterocycles. The molecule has 5 nitrogen and oxygen atoms in total. The highest BCUT2D eigenvalue weighted by molar-refractivity contribution is 5.45. The van der Waals surface area contributed by atoms with Crippen LogP contribution in [0.25, 0.3) is 0 Å². The Morgan fingerprint density at radius 2 is 2.20 bits per heavy atom. The first-order valence-corrected chi connectivity index (χ1v) is 6.50. The monoisotopic (exact) mass is 268 g/mol. The van der Waals surface area contributed by atoms with E-state index in [2.05, 4.69) is 27.5 Å². The van der Waals surface area contributed by atoms with Crippen LogP contribution >= 0.6 is 0 Å². The molecule has 0 amide bonds. The number of hydrogen-bond donors (Lipinski definition) is 1. The molecule has 1 aromatic carbocycles. The summed E-state index contributed by atoms with van der Waals surface area (Å²) in [7, 11) is 0. The van der Waals surface area contributed by atoms with Gasteiger partial charge in [0, 0.05) is 5.69 Å². The molecule has 0 unspecified atom stereocenters. The summed E-state index contributed by atoms with van der Waals surface area (Å²) < 4.78 is 7.34. The molecule has 0 fully saturated rings. The van der Waals surface area contributed by atoms with Crippen LogP contribution < -0.4 is 5.32 Å². The van der Waals surface area contributed by atoms with Crippen molar-refractivity contribution in [2.24, 2.45) is 0 Å². The third-order valence-corrected chi connectivity index (χ3v) is 3.00. The molecule has 102 valence electrons. The molecule has 0 atom stereocenters. The number of furan rings is 1. The van der Waals surface area contributed by atoms with Crippen molar-refractivity contribution in [3.8, 4) is 0 Å². The number of anilines is 1. The van der Waals surface area contributed by atoms with Crippen LogP contribution in [0.4, 0.5) is 5.69 Å². The number of nitrogens with one attached hydrogen (secondary N) is 1. The van der Waals surface area contributed by atoms with Gasteiger partial charge in [-0.15, -0.1) is 0 Å². The Hall–Kier alpha value is -2.56. The van der Waals surface area contributed by atoms with Crippen molar-refractivity contribution in [1.29, 1.82) is 0 Å². The second-order valence-electron chi connectivity index (χ2n) is 4.66. The van der Waals surface area contributed by atoms with Crippen molar-refractivity contribution in [3.63, 3.8) is 0 Å². The first-order valence-electron chi connectivity index (χ1n) is 6.50. The molecule has 0 aliphatic carbocycles. The molecular formula is C15H16N4O. The molecule has 0 saturated heterocycles. The zero-order valence-electron chi connectivity index (χ0n) is 11.3. The minimum absolute atomic E-state index is 0.681. The molecule has 3 aromatic rings. The normalized spacial score (nSPS) is 10.7. The minimum Gasteiger partial charge on any atom is -0.465 e. The minimum atomic E-state index is 0.681. The van der Waals surface area contributed by atoms with Gasteiger partial charge in [0.15, 0.2) is 0 Å². The van der Waals surface area contributed by atoms with E-state index in [0.717, 1.165) is 23.8 Å². The number of hydrogen-bond acceptors (Lipinski definition) is 4. The lowest BCUT2D eigenvalue weighted by molar-refractivity contribution is 0.490. The molecular weight excluding hydrogens is 252 g/mol. The van der Waals surface area contributed by atoms with Crippen molar-refractivity contribution in [2.45, 2.75) is 20.0 Å². The molecule has 0 aliphatic rings. The van der Waals surface area contributed by atoms with Crippen LogP contribution in [0, 0.1) is 6.92 Å². The summed E-state index contributed by atoms with van der Waals surface area (Å²) in [5.74, 6) is 1.87. The van der Waals surface area contributed by atoms with Gasteiger partial charge in [-0.3, -0.25) is 0 Å². The zero-order valence-corrected chi connectivity index (χ0v) is 11.3. The summed E-state index contributed by atoms with van der Waals surface area (Å²) in [4.78, 5) is 3.94. The smallest absolute Gasteiger partial charge is 0.137 e. The van der Waals surface area contributed by atoms with E-state index < -0.39 is 0 Å². The first-order chi connectivity index (χ1) is 9.79. The van der Waals surface area contributed by atoms with E-state index >= 15 is 0 Å². The highest BCUT2D eigenvalue weighted by Crippen LogP contribution is 2.14. The van der Waals surface area contributed by atoms with Crippen LogP contribution in [0.5, 0.6) is 0 Å². The molecule has 20 heavy (non-hydrogen) atoms. The van der Waals surface area contributed by atoms with Gasteiger partial charge in [0.05, 0.1) is 13.1 Å². The topological polar surface area (TPSA) is 55.9 Å². The van der Waals surface area contributed by atoms with E-state index in [1.54, 1.807) is 17.3 Å². The van der Waals surface area contributed by atoms with Gasteiger partial charge in [0.1, 0.15) is 24.2 Å². The van der Waals surface area contributed by atoms with Gasteiger partial charge in [0.25, 0.3) is 0 Å². The average Bonchev–Trinajstić information content (AvgIpc) is 3.09. The van der Waals surface area contributed by atoms with Crippen molar-refractivity contribution < 1.29 is 4.42 Å². The average molecular weight is 268 g/mol. The van der Waals surface area contributed by atoms with Gasteiger partial charge >= 0.3 is 0 Å². The summed E-state index contributed by atoms with van der Waals surface area (Å²) in [6, 6.07) is 12.2. The number of aryl methyl sites for hydroxylation is 1. The highest BCUT2D eigenvalue weighted by atomic mass is 16.3. The predicted octanol–water partition coefficient (Wildman–Crippen LogP) is 2.84. The molecule has 1 N–H and O–H groups in total. The van der Waals surface area contributed by atoms with Crippen molar-refractivity contribution in [2.75, 3.05) is 5.32 Å². The Balaban J connectivity index is 1.65. The summed E-state index contributed by atoms with van der Waals surface area (Å²) >= 11 is 0. The lowest BCUT2D eigenvalue weighted by atomic mass is 10.2. The third-order valence-electron chi connectivity index (χ3n) is 3.00. The summed E-state index contributed by atoms with van der Waals surface area (Å²) in [5.41, 5.74) is 2.24. The van der Waals surface area contributed by atoms with E-state index in [0.29, 0.717) is 6.54 Å². The highest BCUT2D eigenvalue weighted by Gasteiger charge is 2.00. The number of aromatic nitrogens is 3. The van der Waals surface area contributed by atoms with E-state index in [1.807, 2.05) is 31.2 Å². The molecule has 2 aromatic heterocycles. The Labute approximate surface area is 117 Å². The summed E-state index contributed by atoms with van der Waals surface area (Å²) in [5, 5.41) is 7.46. The van der Waals surface area contributed by atoms with Crippen LogP contribution in [-0.4, -0.2) is 14.8 Å². The summed E-state index contributed by atoms with van der Waals surface area (Å²) in [6.45, 7) is 3.35. The van der Waals surface area contributed by atoms with Gasteiger partial charge in [-0.2, -0.15) is 5.10 Å². The van der Waals surface area contributed by atoms with Crippen molar-refractivity contribution >= 4 is 5.69 Å². The number of rotatable bonds is 5. The zero-order chi connectivity index (χ0) is 13.8. The molecule has 3 rings (SSSR count). The molecule has 0 bridgehead atoms. The van der Waals surface area contributed by atoms with E-state index in [1.165, 1.54) is 5.56 Å². The predicted molar refractivity (Wildman–Crippen MR) is 76.3 cm³/mol. The van der Waals surface area contributed by atoms with E-state index in [9.17, 15) is 0 Å². The molecule has 2 heterocycles. The van der Waals surface area contributed by atoms with Crippen molar-refractivity contribution in [3.05, 3.63) is 66.1 Å². The molecule has 0 spiro atoms. The Morgan fingerprint density at radius 1 is 1.25 bits per heavy atom. The quantitative estimate of drug-likeness (QED) is 0.773. The molecule has 0 radical (unpaired) electrons. The fourth-order valence-electron chi connectivity index (χ4n) is 2.05. The van der Waals surface area contributed by atoms with Crippen LogP contribution in [0.2, 0.25) is 0 Å². The third kappa shape index (κ3) is 3.06. The maximum atomic E-state index is 5.54. The number of nitrogens with zero attached hydrogens (tertiary/aromatic N) is 3. The Kier molecular flexibility index (Phi) is 3.50. The standard InChI is InChI=1S/C15H16N4O/c1-12-5-6-15(20-12)8-17-14-4-2-3-13(7-14)9-19-11-16-10-18-19/h2-7,10-11,17H,8-9H2,1H3. The van der Waals surface area contributed by atoms with Gasteiger partial charge in [-0.1, -0.05) is 12.1 Å². The van der Waals surface area contributed by atoms with Crippen molar-refractivity contribution in [1.82, 2.24) is 14.8 Å². The Morgan fingerprint density at radius 3 is 2.95 bits per heavy atom. The number of benzene rings is 1. The lowest BCUT2D eigenvalue weighted by Crippen LogP contribution is -2.02. The SMILES string of the molecule is Cc1ccc(CNc2cccc(Cn3cncn3)c2)o1. The van der Waals surface area contributed by atoms with E-state index in [4.69, 9.17) is 4.42 Å². The van der Waals surface area contributed by atoms with Crippen LogP contribution in [0.3, 0.4) is 0 Å². The second-order valence-corrected chi connectivity index (χ2v) is 4.66. The Bertz CT molecular complexity index is 673. The fraction of sp³-hybridized carbons (Fsp3) is 0.200. The van der Waals surface area contributed by atoms with Gasteiger partial charge in [-0.05, 0) is 36.8 Å². The molecule has 0 saturated carbocycles. The van der Waals surface area contributed by atoms with Gasteiger partial charge < -0.3 is 9.73 Å². The fourth-order valence-corrected chi connectivity index (χ4v) is 2.05. The lowest BCUT2D eigenvalue weighted by Gasteiger charge is -2.07.